The third-order valence-corrected chi connectivity index (χ3v) is 5.65. The monoisotopic (exact) mass is 268 g/mol. The molecule has 3 atom stereocenters. The van der Waals surface area contributed by atoms with Crippen molar-refractivity contribution in [3.63, 3.8) is 0 Å². The second-order valence-electron chi connectivity index (χ2n) is 4.53. The fourth-order valence-electron chi connectivity index (χ4n) is 2.27. The van der Waals surface area contributed by atoms with E-state index in [0.717, 1.165) is 6.42 Å². The van der Waals surface area contributed by atoms with Crippen LogP contribution in [-0.4, -0.2) is 23.1 Å². The number of thioether (sulfide) groups is 2. The Kier molecular flexibility index (Phi) is 3.39. The Morgan fingerprint density at radius 1 is 1.18 bits per heavy atom. The van der Waals surface area contributed by atoms with Crippen molar-refractivity contribution < 1.29 is 9.47 Å². The van der Waals surface area contributed by atoms with Crippen molar-refractivity contribution in [2.75, 3.05) is 0 Å². The molecule has 17 heavy (non-hydrogen) atoms. The van der Waals surface area contributed by atoms with Crippen LogP contribution in [0.1, 0.15) is 20.3 Å². The standard InChI is InChI=1S/C13H16O2S2/c1-8-7-10(9(2)14-8)15-13-16-11-5-3-4-6-12(11)17-13/h3-6,8-10,13H,7H2,1-2H3/t8-,9+,10?/m0/s1. The van der Waals surface area contributed by atoms with Gasteiger partial charge in [-0.3, -0.25) is 0 Å². The van der Waals surface area contributed by atoms with E-state index < -0.39 is 0 Å². The van der Waals surface area contributed by atoms with E-state index in [1.54, 1.807) is 0 Å². The maximum absolute atomic E-state index is 6.14. The summed E-state index contributed by atoms with van der Waals surface area (Å²) in [5.41, 5.74) is 0. The molecular weight excluding hydrogens is 252 g/mol. The highest BCUT2D eigenvalue weighted by atomic mass is 32.2. The van der Waals surface area contributed by atoms with Crippen LogP contribution >= 0.6 is 23.5 Å². The first-order valence-corrected chi connectivity index (χ1v) is 7.71. The average molecular weight is 268 g/mol. The van der Waals surface area contributed by atoms with Crippen molar-refractivity contribution in [1.82, 2.24) is 0 Å². The minimum atomic E-state index is 0.189. The number of benzene rings is 1. The van der Waals surface area contributed by atoms with E-state index in [2.05, 4.69) is 38.1 Å². The van der Waals surface area contributed by atoms with Crippen molar-refractivity contribution in [2.45, 2.75) is 53.1 Å². The predicted molar refractivity (Wildman–Crippen MR) is 71.4 cm³/mol. The smallest absolute Gasteiger partial charge is 0.159 e. The molecule has 2 aliphatic heterocycles. The molecule has 3 rings (SSSR count). The van der Waals surface area contributed by atoms with E-state index in [4.69, 9.17) is 9.47 Å². The van der Waals surface area contributed by atoms with Gasteiger partial charge < -0.3 is 9.47 Å². The average Bonchev–Trinajstić information content (AvgIpc) is 2.82. The van der Waals surface area contributed by atoms with Crippen LogP contribution in [0.3, 0.4) is 0 Å². The summed E-state index contributed by atoms with van der Waals surface area (Å²) in [4.78, 5) is 2.67. The Labute approximate surface area is 110 Å². The van der Waals surface area contributed by atoms with Gasteiger partial charge in [-0.05, 0) is 26.0 Å². The molecule has 0 aliphatic carbocycles. The Morgan fingerprint density at radius 3 is 2.35 bits per heavy atom. The quantitative estimate of drug-likeness (QED) is 0.813. The number of hydrogen-bond acceptors (Lipinski definition) is 4. The maximum atomic E-state index is 6.14. The molecule has 0 amide bonds. The topological polar surface area (TPSA) is 18.5 Å². The molecule has 1 aromatic rings. The van der Waals surface area contributed by atoms with Crippen molar-refractivity contribution in [3.8, 4) is 0 Å². The third-order valence-electron chi connectivity index (χ3n) is 3.12. The fourth-order valence-corrected chi connectivity index (χ4v) is 4.87. The lowest BCUT2D eigenvalue weighted by molar-refractivity contribution is -0.000651. The lowest BCUT2D eigenvalue weighted by Crippen LogP contribution is -2.23. The van der Waals surface area contributed by atoms with Gasteiger partial charge in [0.2, 0.25) is 0 Å². The summed E-state index contributed by atoms with van der Waals surface area (Å²) < 4.78 is 12.0. The summed E-state index contributed by atoms with van der Waals surface area (Å²) in [6, 6.07) is 8.48. The largest absolute Gasteiger partial charge is 0.373 e. The number of ether oxygens (including phenoxy) is 2. The highest BCUT2D eigenvalue weighted by Crippen LogP contribution is 2.49. The van der Waals surface area contributed by atoms with E-state index >= 15 is 0 Å². The van der Waals surface area contributed by atoms with Gasteiger partial charge in [-0.2, -0.15) is 0 Å². The normalized spacial score (nSPS) is 32.9. The van der Waals surface area contributed by atoms with Crippen LogP contribution in [0.4, 0.5) is 0 Å². The molecule has 1 unspecified atom stereocenters. The Bertz CT molecular complexity index is 385. The van der Waals surface area contributed by atoms with Crippen molar-refractivity contribution >= 4 is 23.5 Å². The van der Waals surface area contributed by atoms with Crippen LogP contribution in [0.5, 0.6) is 0 Å². The van der Waals surface area contributed by atoms with Crippen LogP contribution in [0.25, 0.3) is 0 Å². The Balaban J connectivity index is 1.62. The highest BCUT2D eigenvalue weighted by molar-refractivity contribution is 8.19. The van der Waals surface area contributed by atoms with Crippen LogP contribution < -0.4 is 0 Å². The van der Waals surface area contributed by atoms with Crippen molar-refractivity contribution in [3.05, 3.63) is 24.3 Å². The van der Waals surface area contributed by atoms with Gasteiger partial charge in [-0.25, -0.2) is 0 Å². The SMILES string of the molecule is C[C@H]1CC(OC2Sc3ccccc3S2)[C@@H](C)O1. The summed E-state index contributed by atoms with van der Waals surface area (Å²) in [6.07, 6.45) is 1.79. The van der Waals surface area contributed by atoms with E-state index in [1.807, 2.05) is 23.5 Å². The van der Waals surface area contributed by atoms with Gasteiger partial charge in [0.1, 0.15) is 0 Å². The van der Waals surface area contributed by atoms with Crippen LogP contribution in [0.2, 0.25) is 0 Å². The summed E-state index contributed by atoms with van der Waals surface area (Å²) in [5, 5.41) is 0. The highest BCUT2D eigenvalue weighted by Gasteiger charge is 2.34. The molecular formula is C13H16O2S2. The molecule has 0 saturated carbocycles. The Hall–Kier alpha value is -0.160. The predicted octanol–water partition coefficient (Wildman–Crippen LogP) is 3.75. The molecule has 0 N–H and O–H groups in total. The van der Waals surface area contributed by atoms with Gasteiger partial charge >= 0.3 is 0 Å². The molecule has 1 aromatic carbocycles. The Morgan fingerprint density at radius 2 is 1.82 bits per heavy atom. The van der Waals surface area contributed by atoms with Gasteiger partial charge in [-0.1, -0.05) is 35.7 Å². The number of hydrogen-bond donors (Lipinski definition) is 0. The zero-order valence-corrected chi connectivity index (χ0v) is 11.6. The first-order valence-electron chi connectivity index (χ1n) is 5.95. The van der Waals surface area contributed by atoms with E-state index in [1.165, 1.54) is 9.79 Å². The van der Waals surface area contributed by atoms with Gasteiger partial charge in [0.25, 0.3) is 0 Å². The molecule has 2 aliphatic rings. The van der Waals surface area contributed by atoms with Gasteiger partial charge in [0, 0.05) is 16.2 Å². The molecule has 4 heteroatoms. The van der Waals surface area contributed by atoms with Gasteiger partial charge in [0.15, 0.2) is 4.77 Å². The van der Waals surface area contributed by atoms with E-state index in [9.17, 15) is 0 Å². The maximum Gasteiger partial charge on any atom is 0.159 e. The zero-order valence-electron chi connectivity index (χ0n) is 9.96. The lowest BCUT2D eigenvalue weighted by atomic mass is 10.2. The summed E-state index contributed by atoms with van der Waals surface area (Å²) in [6.45, 7) is 4.22. The molecule has 0 bridgehead atoms. The third kappa shape index (κ3) is 2.50. The van der Waals surface area contributed by atoms with Crippen LogP contribution in [0, 0.1) is 0 Å². The van der Waals surface area contributed by atoms with E-state index in [-0.39, 0.29) is 17.0 Å². The fraction of sp³-hybridized carbons (Fsp3) is 0.538. The molecule has 92 valence electrons. The zero-order chi connectivity index (χ0) is 11.8. The molecule has 2 nitrogen and oxygen atoms in total. The van der Waals surface area contributed by atoms with Crippen LogP contribution in [0.15, 0.2) is 34.1 Å². The molecule has 1 fully saturated rings. The molecule has 0 radical (unpaired) electrons. The van der Waals surface area contributed by atoms with Crippen molar-refractivity contribution in [2.24, 2.45) is 0 Å². The van der Waals surface area contributed by atoms with Gasteiger partial charge in [0.05, 0.1) is 18.3 Å². The van der Waals surface area contributed by atoms with Gasteiger partial charge in [-0.15, -0.1) is 0 Å². The molecule has 1 saturated heterocycles. The summed E-state index contributed by atoms with van der Waals surface area (Å²) >= 11 is 3.62. The minimum absolute atomic E-state index is 0.189. The molecule has 2 heterocycles. The number of rotatable bonds is 2. The van der Waals surface area contributed by atoms with Crippen molar-refractivity contribution in [1.29, 1.82) is 0 Å². The first kappa shape index (κ1) is 11.9. The molecule has 0 aromatic heterocycles. The second-order valence-corrected chi connectivity index (χ2v) is 7.04. The summed E-state index contributed by atoms with van der Waals surface area (Å²) in [5.74, 6) is 0. The minimum Gasteiger partial charge on any atom is -0.373 e. The second kappa shape index (κ2) is 4.84. The summed E-state index contributed by atoms with van der Waals surface area (Å²) in [7, 11) is 0. The molecule has 0 spiro atoms. The lowest BCUT2D eigenvalue weighted by Gasteiger charge is -2.18. The first-order chi connectivity index (χ1) is 8.22. The number of fused-ring (bicyclic) bond motifs is 1. The van der Waals surface area contributed by atoms with E-state index in [0.29, 0.717) is 6.10 Å². The van der Waals surface area contributed by atoms with Crippen LogP contribution in [-0.2, 0) is 9.47 Å².